The fourth-order valence-corrected chi connectivity index (χ4v) is 2.48. The Bertz CT molecular complexity index is 224. The van der Waals surface area contributed by atoms with Gasteiger partial charge in [0.05, 0.1) is 18.8 Å². The highest BCUT2D eigenvalue weighted by Gasteiger charge is 2.67. The molecule has 2 rings (SSSR count). The van der Waals surface area contributed by atoms with E-state index in [1.54, 1.807) is 0 Å². The lowest BCUT2D eigenvalue weighted by molar-refractivity contribution is -0.131. The average Bonchev–Trinajstić information content (AvgIpc) is 2.87. The van der Waals surface area contributed by atoms with Gasteiger partial charge >= 0.3 is 0 Å². The lowest BCUT2D eigenvalue weighted by atomic mass is 9.80. The summed E-state index contributed by atoms with van der Waals surface area (Å²) in [6, 6.07) is -0.537. The van der Waals surface area contributed by atoms with E-state index in [1.165, 1.54) is 0 Å². The van der Waals surface area contributed by atoms with Crippen LogP contribution in [0.4, 0.5) is 0 Å². The molecule has 0 aromatic carbocycles. The monoisotopic (exact) mass is 189 g/mol. The standard InChI is InChI=1S/C8H15NO4/c9-4-3-1-8(3,2-10)7(13)6(12)5(4)11/h3-7,10-13H,1-2,9H2/t3-,4+,5+,6-,7-,8+/m1/s1. The van der Waals surface area contributed by atoms with Gasteiger partial charge in [0.15, 0.2) is 0 Å². The van der Waals surface area contributed by atoms with Crippen LogP contribution in [0.3, 0.4) is 0 Å². The van der Waals surface area contributed by atoms with Gasteiger partial charge in [0.2, 0.25) is 0 Å². The molecule has 2 saturated carbocycles. The van der Waals surface area contributed by atoms with Crippen LogP contribution in [0, 0.1) is 11.3 Å². The van der Waals surface area contributed by atoms with Crippen molar-refractivity contribution < 1.29 is 20.4 Å². The van der Waals surface area contributed by atoms with Crippen molar-refractivity contribution in [3.63, 3.8) is 0 Å². The molecule has 0 aromatic rings. The molecule has 0 bridgehead atoms. The lowest BCUT2D eigenvalue weighted by Gasteiger charge is -2.37. The van der Waals surface area contributed by atoms with Crippen molar-refractivity contribution in [2.75, 3.05) is 6.61 Å². The summed E-state index contributed by atoms with van der Waals surface area (Å²) in [5, 5.41) is 37.5. The minimum atomic E-state index is -1.24. The molecule has 0 saturated heterocycles. The van der Waals surface area contributed by atoms with Crippen molar-refractivity contribution in [1.82, 2.24) is 0 Å². The first-order chi connectivity index (χ1) is 6.04. The van der Waals surface area contributed by atoms with E-state index >= 15 is 0 Å². The first kappa shape index (κ1) is 9.36. The Morgan fingerprint density at radius 3 is 2.38 bits per heavy atom. The van der Waals surface area contributed by atoms with Crippen LogP contribution in [-0.4, -0.2) is 51.4 Å². The maximum atomic E-state index is 9.60. The molecule has 0 unspecified atom stereocenters. The summed E-state index contributed by atoms with van der Waals surface area (Å²) in [6.07, 6.45) is -2.79. The molecule has 0 radical (unpaired) electrons. The van der Waals surface area contributed by atoms with Crippen LogP contribution in [0.1, 0.15) is 6.42 Å². The number of rotatable bonds is 1. The zero-order valence-electron chi connectivity index (χ0n) is 7.17. The average molecular weight is 189 g/mol. The fraction of sp³-hybridized carbons (Fsp3) is 1.00. The largest absolute Gasteiger partial charge is 0.396 e. The smallest absolute Gasteiger partial charge is 0.108 e. The highest BCUT2D eigenvalue weighted by Crippen LogP contribution is 2.60. The number of hydrogen-bond donors (Lipinski definition) is 5. The second-order valence-electron chi connectivity index (χ2n) is 4.21. The Morgan fingerprint density at radius 1 is 1.23 bits per heavy atom. The zero-order valence-corrected chi connectivity index (χ0v) is 7.17. The van der Waals surface area contributed by atoms with E-state index in [-0.39, 0.29) is 12.5 Å². The summed E-state index contributed by atoms with van der Waals surface area (Å²) in [6.45, 7) is -0.184. The molecule has 2 aliphatic carbocycles. The molecule has 0 amide bonds. The molecule has 6 N–H and O–H groups in total. The molecular formula is C8H15NO4. The summed E-state index contributed by atoms with van der Waals surface area (Å²) in [4.78, 5) is 0. The quantitative estimate of drug-likeness (QED) is 0.311. The fourth-order valence-electron chi connectivity index (χ4n) is 2.48. The van der Waals surface area contributed by atoms with Crippen LogP contribution in [0.15, 0.2) is 0 Å². The molecule has 6 atom stereocenters. The molecule has 5 nitrogen and oxygen atoms in total. The van der Waals surface area contributed by atoms with E-state index in [9.17, 15) is 15.3 Å². The van der Waals surface area contributed by atoms with Crippen LogP contribution < -0.4 is 5.73 Å². The molecule has 13 heavy (non-hydrogen) atoms. The van der Waals surface area contributed by atoms with Crippen molar-refractivity contribution in [3.05, 3.63) is 0 Å². The van der Waals surface area contributed by atoms with E-state index in [1.807, 2.05) is 0 Å². The zero-order chi connectivity index (χ0) is 9.80. The molecule has 0 heterocycles. The Morgan fingerprint density at radius 2 is 1.85 bits per heavy atom. The summed E-state index contributed by atoms with van der Waals surface area (Å²) < 4.78 is 0. The summed E-state index contributed by atoms with van der Waals surface area (Å²) >= 11 is 0. The van der Waals surface area contributed by atoms with E-state index < -0.39 is 29.8 Å². The van der Waals surface area contributed by atoms with E-state index in [4.69, 9.17) is 10.8 Å². The molecule has 5 heteroatoms. The van der Waals surface area contributed by atoms with Crippen molar-refractivity contribution in [2.45, 2.75) is 30.8 Å². The maximum Gasteiger partial charge on any atom is 0.108 e. The third-order valence-corrected chi connectivity index (χ3v) is 3.59. The summed E-state index contributed by atoms with van der Waals surface area (Å²) in [5.41, 5.74) is 4.99. The minimum absolute atomic E-state index is 0.0640. The number of aliphatic hydroxyl groups is 4. The maximum absolute atomic E-state index is 9.60. The van der Waals surface area contributed by atoms with Crippen LogP contribution in [-0.2, 0) is 0 Å². The summed E-state index contributed by atoms with van der Waals surface area (Å²) in [7, 11) is 0. The van der Waals surface area contributed by atoms with Crippen LogP contribution in [0.25, 0.3) is 0 Å². The molecule has 2 fully saturated rings. The lowest BCUT2D eigenvalue weighted by Crippen LogP contribution is -2.58. The van der Waals surface area contributed by atoms with Gasteiger partial charge in [0.1, 0.15) is 6.10 Å². The number of aliphatic hydroxyl groups excluding tert-OH is 4. The van der Waals surface area contributed by atoms with Crippen molar-refractivity contribution >= 4 is 0 Å². The first-order valence-corrected chi connectivity index (χ1v) is 4.45. The van der Waals surface area contributed by atoms with Gasteiger partial charge in [-0.3, -0.25) is 0 Å². The molecule has 0 aromatic heterocycles. The number of hydrogen-bond acceptors (Lipinski definition) is 5. The van der Waals surface area contributed by atoms with Gasteiger partial charge in [-0.2, -0.15) is 0 Å². The number of nitrogens with two attached hydrogens (primary N) is 1. The van der Waals surface area contributed by atoms with E-state index in [2.05, 4.69) is 0 Å². The second-order valence-corrected chi connectivity index (χ2v) is 4.21. The summed E-state index contributed by atoms with van der Waals surface area (Å²) in [5.74, 6) is -0.0640. The van der Waals surface area contributed by atoms with Gasteiger partial charge in [-0.25, -0.2) is 0 Å². The van der Waals surface area contributed by atoms with Crippen molar-refractivity contribution in [3.8, 4) is 0 Å². The van der Waals surface area contributed by atoms with Crippen molar-refractivity contribution in [1.29, 1.82) is 0 Å². The van der Waals surface area contributed by atoms with Crippen LogP contribution in [0.2, 0.25) is 0 Å². The molecule has 76 valence electrons. The van der Waals surface area contributed by atoms with Gasteiger partial charge in [0, 0.05) is 11.5 Å². The number of fused-ring (bicyclic) bond motifs is 1. The Hall–Kier alpha value is -0.200. The van der Waals surface area contributed by atoms with Crippen LogP contribution >= 0.6 is 0 Å². The van der Waals surface area contributed by atoms with Gasteiger partial charge in [0.25, 0.3) is 0 Å². The van der Waals surface area contributed by atoms with Gasteiger partial charge in [-0.15, -0.1) is 0 Å². The minimum Gasteiger partial charge on any atom is -0.396 e. The topological polar surface area (TPSA) is 107 Å². The normalized spacial score (nSPS) is 60.2. The highest BCUT2D eigenvalue weighted by atomic mass is 16.4. The highest BCUT2D eigenvalue weighted by molar-refractivity contribution is 5.18. The SMILES string of the molecule is N[C@@H]1[C@H](O)[C@@H](O)[C@@H](O)[C@]2(CO)C[C@H]12. The van der Waals surface area contributed by atoms with E-state index in [0.29, 0.717) is 6.42 Å². The van der Waals surface area contributed by atoms with E-state index in [0.717, 1.165) is 0 Å². The third kappa shape index (κ3) is 0.992. The second kappa shape index (κ2) is 2.65. The predicted octanol–water partition coefficient (Wildman–Crippen LogP) is -2.59. The van der Waals surface area contributed by atoms with Gasteiger partial charge in [-0.1, -0.05) is 0 Å². The Kier molecular flexibility index (Phi) is 1.91. The van der Waals surface area contributed by atoms with Crippen LogP contribution in [0.5, 0.6) is 0 Å². The molecule has 0 spiro atoms. The Labute approximate surface area is 75.8 Å². The van der Waals surface area contributed by atoms with Gasteiger partial charge in [-0.05, 0) is 12.3 Å². The Balaban J connectivity index is 2.22. The molecule has 2 aliphatic rings. The third-order valence-electron chi connectivity index (χ3n) is 3.59. The molecule has 0 aliphatic heterocycles. The van der Waals surface area contributed by atoms with Crippen molar-refractivity contribution in [2.24, 2.45) is 17.1 Å². The molecular weight excluding hydrogens is 174 g/mol. The first-order valence-electron chi connectivity index (χ1n) is 4.45. The van der Waals surface area contributed by atoms with Gasteiger partial charge < -0.3 is 26.2 Å². The predicted molar refractivity (Wildman–Crippen MR) is 43.6 cm³/mol.